The van der Waals surface area contributed by atoms with Gasteiger partial charge in [0.05, 0.1) is 89.9 Å². The third kappa shape index (κ3) is 43.1. The second-order valence-electron chi connectivity index (χ2n) is 31.4. The zero-order chi connectivity index (χ0) is 83.2. The maximum atomic E-state index is 13.7. The third-order valence-corrected chi connectivity index (χ3v) is 21.4. The number of ether oxygens (including phenoxy) is 10. The van der Waals surface area contributed by atoms with Gasteiger partial charge in [0, 0.05) is 135 Å². The number of likely N-dealkylation sites (tertiary alicyclic amines) is 1. The molecule has 0 aromatic carbocycles. The molecule has 4 amide bonds. The smallest absolute Gasteiger partial charge is 0.222 e. The van der Waals surface area contributed by atoms with Gasteiger partial charge in [0.25, 0.3) is 0 Å². The molecule has 0 aromatic heterocycles. The average Bonchev–Trinajstić information content (AvgIpc) is 1.74. The predicted molar refractivity (Wildman–Crippen MR) is 419 cm³/mol. The fraction of sp³-hybridized carbons (Fsp3) is 0.915. The Morgan fingerprint density at radius 2 is 0.752 bits per heavy atom. The highest BCUT2D eigenvalue weighted by Gasteiger charge is 2.45. The van der Waals surface area contributed by atoms with Crippen LogP contribution in [0.3, 0.4) is 0 Å². The third-order valence-electron chi connectivity index (χ3n) is 21.4. The minimum Gasteiger partial charge on any atom is -0.394 e. The van der Waals surface area contributed by atoms with E-state index in [9.17, 15) is 84.6 Å². The molecule has 4 fully saturated rings. The number of ketones is 3. The summed E-state index contributed by atoms with van der Waals surface area (Å²) in [6.45, 7) is 11.0. The largest absolute Gasteiger partial charge is 0.394 e. The molecule has 0 spiro atoms. The summed E-state index contributed by atoms with van der Waals surface area (Å²) < 4.78 is 57.8. The van der Waals surface area contributed by atoms with E-state index >= 15 is 0 Å². The molecule has 4 heterocycles. The van der Waals surface area contributed by atoms with Crippen molar-refractivity contribution in [2.45, 2.75) is 351 Å². The highest BCUT2D eigenvalue weighted by molar-refractivity contribution is 5.80. The van der Waals surface area contributed by atoms with Crippen LogP contribution in [0, 0.1) is 17.8 Å². The second kappa shape index (κ2) is 62.3. The van der Waals surface area contributed by atoms with Crippen LogP contribution in [0.4, 0.5) is 0 Å². The van der Waals surface area contributed by atoms with E-state index in [0.717, 1.165) is 83.5 Å². The summed E-state index contributed by atoms with van der Waals surface area (Å²) in [4.78, 5) is 91.1. The number of carbonyl (C=O) groups is 7. The Morgan fingerprint density at radius 1 is 0.398 bits per heavy atom. The minimum absolute atomic E-state index is 0.0105. The van der Waals surface area contributed by atoms with E-state index in [-0.39, 0.29) is 118 Å². The summed E-state index contributed by atoms with van der Waals surface area (Å²) in [5, 5.41) is 108. The van der Waals surface area contributed by atoms with E-state index in [1.165, 1.54) is 0 Å². The lowest BCUT2D eigenvalue weighted by atomic mass is 9.92. The van der Waals surface area contributed by atoms with E-state index < -0.39 is 117 Å². The number of aliphatic hydroxyl groups is 10. The Hall–Kier alpha value is -3.91. The fourth-order valence-electron chi connectivity index (χ4n) is 14.0. The Kier molecular flexibility index (Phi) is 56.9. The first kappa shape index (κ1) is 103. The summed E-state index contributed by atoms with van der Waals surface area (Å²) in [6.07, 6.45) is 10.9. The molecule has 0 bridgehead atoms. The molecule has 16 unspecified atom stereocenters. The normalized spacial score (nSPS) is 26.3. The zero-order valence-corrected chi connectivity index (χ0v) is 69.2. The van der Waals surface area contributed by atoms with Crippen molar-refractivity contribution in [3.8, 4) is 0 Å². The maximum absolute atomic E-state index is 13.7. The molecule has 0 aliphatic carbocycles. The molecule has 18 atom stereocenters. The molecule has 4 aliphatic rings. The number of aliphatic hydroxyl groups excluding tert-OH is 10. The van der Waals surface area contributed by atoms with Gasteiger partial charge in [-0.3, -0.25) is 33.6 Å². The van der Waals surface area contributed by atoms with Gasteiger partial charge >= 0.3 is 0 Å². The van der Waals surface area contributed by atoms with Crippen molar-refractivity contribution < 1.29 is 132 Å². The Labute approximate surface area is 672 Å². The first-order valence-electron chi connectivity index (χ1n) is 42.7. The van der Waals surface area contributed by atoms with Gasteiger partial charge in [-0.1, -0.05) is 105 Å². The molecule has 0 aromatic rings. The molecule has 31 heteroatoms. The number of unbranched alkanes of at least 4 members (excludes halogenated alkanes) is 16. The first-order valence-corrected chi connectivity index (χ1v) is 42.7. The standard InChI is InChI=1S/C71H129N3O24.C11H21NO3/c1-5-6-7-8-12-18-33-61(83)74-71(47-90-38-22-13-10-9-11-15-27-53(78)30-19-23-39-93-68-50(2)62(84)65(87)56(44-75)96-68,48-91-42-34-55(80)29-17-14-16-28-54(79)31-20-24-40-94-69-51(3)63(85)66(88)57(45-76)97-69)49-92-43-35-60(82)73-37-26-36-72-59(81)32-21-25-41-95-70-52(4)64(86)67(89)58(46-77)98-70;1-3-4-5-11(14)12-7-10(13)6-9(12)8-15-2/h50-52,56-58,62-70,75-77,84-89H,5-49H2,1-4H3,(H,72,81)(H,73,82)(H,74,83);9-10,13H,3-8H2,1-2H3/t;9-,10+/m.0/s1. The van der Waals surface area contributed by atoms with Crippen molar-refractivity contribution in [3.05, 3.63) is 0 Å². The summed E-state index contributed by atoms with van der Waals surface area (Å²) in [6, 6.07) is 0.0642. The quantitative estimate of drug-likeness (QED) is 0.0356. The number of hydrogen-bond donors (Lipinski definition) is 13. The lowest BCUT2D eigenvalue weighted by molar-refractivity contribution is -0.282. The lowest BCUT2D eigenvalue weighted by Crippen LogP contribution is -2.58. The van der Waals surface area contributed by atoms with E-state index in [0.29, 0.717) is 162 Å². The van der Waals surface area contributed by atoms with Gasteiger partial charge in [0.2, 0.25) is 23.6 Å². The van der Waals surface area contributed by atoms with Gasteiger partial charge in [0.15, 0.2) is 18.9 Å². The SMILES string of the molecule is CCCCC(=O)N1C[C@H](O)C[C@H]1COC.CCCCCCCCC(=O)NC(COCCCCCCCCC(=O)CCCCOC1OC(CO)C(O)C(O)C1C)(COCCC(=O)CCCCCC(=O)CCCCOC1OC(CO)C(O)C(O)C1C)COCCC(=O)NCCCNC(=O)CCCCOC1OC(CO)C(O)C(O)C1C. The minimum atomic E-state index is -1.21. The summed E-state index contributed by atoms with van der Waals surface area (Å²) in [5.41, 5.74) is -1.15. The molecule has 31 nitrogen and oxygen atoms in total. The monoisotopic (exact) mass is 1620 g/mol. The van der Waals surface area contributed by atoms with Gasteiger partial charge in [0.1, 0.15) is 59.5 Å². The number of nitrogens with zero attached hydrogens (tertiary/aromatic N) is 1. The van der Waals surface area contributed by atoms with Crippen LogP contribution in [0.2, 0.25) is 0 Å². The van der Waals surface area contributed by atoms with Gasteiger partial charge in [-0.15, -0.1) is 0 Å². The van der Waals surface area contributed by atoms with Crippen LogP contribution in [0.5, 0.6) is 0 Å². The summed E-state index contributed by atoms with van der Waals surface area (Å²) in [5.74, 6) is -1.58. The van der Waals surface area contributed by atoms with Crippen molar-refractivity contribution in [1.82, 2.24) is 20.9 Å². The van der Waals surface area contributed by atoms with Crippen molar-refractivity contribution in [1.29, 1.82) is 0 Å². The van der Waals surface area contributed by atoms with Crippen molar-refractivity contribution in [3.63, 3.8) is 0 Å². The lowest BCUT2D eigenvalue weighted by Gasteiger charge is -2.40. The van der Waals surface area contributed by atoms with Crippen molar-refractivity contribution in [2.75, 3.05) is 113 Å². The number of amides is 4. The number of nitrogens with one attached hydrogen (secondary N) is 3. The maximum Gasteiger partial charge on any atom is 0.222 e. The van der Waals surface area contributed by atoms with Crippen LogP contribution >= 0.6 is 0 Å². The fourth-order valence-corrected chi connectivity index (χ4v) is 14.0. The molecule has 4 saturated heterocycles. The zero-order valence-electron chi connectivity index (χ0n) is 69.2. The highest BCUT2D eigenvalue weighted by Crippen LogP contribution is 2.31. The van der Waals surface area contributed by atoms with E-state index in [1.54, 1.807) is 32.8 Å². The molecule has 4 rings (SSSR count). The van der Waals surface area contributed by atoms with Gasteiger partial charge in [-0.2, -0.15) is 0 Å². The summed E-state index contributed by atoms with van der Waals surface area (Å²) >= 11 is 0. The average molecular weight is 1620 g/mol. The molecule has 113 heavy (non-hydrogen) atoms. The molecule has 0 saturated carbocycles. The Balaban J connectivity index is 0.00000196. The molecule has 4 aliphatic heterocycles. The molecule has 13 N–H and O–H groups in total. The van der Waals surface area contributed by atoms with Crippen molar-refractivity contribution >= 4 is 41.0 Å². The van der Waals surface area contributed by atoms with E-state index in [1.807, 2.05) is 0 Å². The molecular weight excluding hydrogens is 1470 g/mol. The number of carbonyl (C=O) groups excluding carboxylic acids is 7. The topological polar surface area (TPSA) is 453 Å². The van der Waals surface area contributed by atoms with Crippen LogP contribution in [-0.4, -0.2) is 301 Å². The number of Topliss-reactive ketones (excluding diaryl/α,β-unsaturated/α-hetero) is 3. The number of methoxy groups -OCH3 is 1. The predicted octanol–water partition coefficient (Wildman–Crippen LogP) is 5.00. The Bertz CT molecular complexity index is 2440. The van der Waals surface area contributed by atoms with Crippen LogP contribution in [0.15, 0.2) is 0 Å². The van der Waals surface area contributed by atoms with Gasteiger partial charge < -0.3 is 119 Å². The summed E-state index contributed by atoms with van der Waals surface area (Å²) in [7, 11) is 1.62. The van der Waals surface area contributed by atoms with Gasteiger partial charge in [-0.25, -0.2) is 0 Å². The Morgan fingerprint density at radius 3 is 1.19 bits per heavy atom. The highest BCUT2D eigenvalue weighted by atomic mass is 16.7. The second-order valence-corrected chi connectivity index (χ2v) is 31.4. The van der Waals surface area contributed by atoms with E-state index in [2.05, 4.69) is 29.8 Å². The molecule has 660 valence electrons. The van der Waals surface area contributed by atoms with Crippen LogP contribution in [-0.2, 0) is 80.9 Å². The van der Waals surface area contributed by atoms with E-state index in [4.69, 9.17) is 47.4 Å². The van der Waals surface area contributed by atoms with Crippen LogP contribution in [0.1, 0.15) is 259 Å². The van der Waals surface area contributed by atoms with Crippen LogP contribution in [0.25, 0.3) is 0 Å². The molecule has 0 radical (unpaired) electrons. The first-order chi connectivity index (χ1) is 54.4. The molecular formula is C82H150N4O27. The number of rotatable bonds is 65. The van der Waals surface area contributed by atoms with Gasteiger partial charge in [-0.05, 0) is 89.9 Å². The number of hydrogen-bond acceptors (Lipinski definition) is 27. The van der Waals surface area contributed by atoms with Crippen molar-refractivity contribution in [2.24, 2.45) is 17.8 Å². The number of β-amino-alcohol motifs (C(OH)–C–C–N with tert-alkyl or cyclic N) is 1. The van der Waals surface area contributed by atoms with Crippen LogP contribution < -0.4 is 16.0 Å².